The van der Waals surface area contributed by atoms with Gasteiger partial charge in [-0.25, -0.2) is 4.98 Å². The minimum absolute atomic E-state index is 0.130. The third-order valence-electron chi connectivity index (χ3n) is 5.53. The van der Waals surface area contributed by atoms with Crippen molar-refractivity contribution in [1.29, 1.82) is 0 Å². The highest BCUT2D eigenvalue weighted by Crippen LogP contribution is 2.42. The molecule has 0 saturated heterocycles. The van der Waals surface area contributed by atoms with Crippen molar-refractivity contribution in [2.24, 2.45) is 5.41 Å². The second kappa shape index (κ2) is 7.19. The van der Waals surface area contributed by atoms with Crippen LogP contribution in [-0.4, -0.2) is 36.9 Å². The van der Waals surface area contributed by atoms with Gasteiger partial charge in [-0.1, -0.05) is 29.8 Å². The number of hydrogen-bond acceptors (Lipinski definition) is 6. The van der Waals surface area contributed by atoms with Crippen molar-refractivity contribution in [3.8, 4) is 0 Å². The number of aromatic nitrogens is 1. The topological polar surface area (TPSA) is 82.6 Å². The van der Waals surface area contributed by atoms with Crippen LogP contribution in [0.5, 0.6) is 0 Å². The molecule has 0 unspecified atom stereocenters. The summed E-state index contributed by atoms with van der Waals surface area (Å²) in [6, 6.07) is 7.30. The average molecular weight is 381 g/mol. The van der Waals surface area contributed by atoms with Gasteiger partial charge in [-0.05, 0) is 37.5 Å². The van der Waals surface area contributed by atoms with E-state index in [1.807, 2.05) is 19.1 Å². The molecule has 1 aromatic carbocycles. The third kappa shape index (κ3) is 2.99. The van der Waals surface area contributed by atoms with Crippen LogP contribution in [0.25, 0.3) is 0 Å². The highest BCUT2D eigenvalue weighted by molar-refractivity contribution is 6.09. The van der Waals surface area contributed by atoms with E-state index in [0.29, 0.717) is 22.5 Å². The average Bonchev–Trinajstić information content (AvgIpc) is 3.12. The monoisotopic (exact) mass is 381 g/mol. The normalized spacial score (nSPS) is 14.3. The van der Waals surface area contributed by atoms with E-state index in [9.17, 15) is 14.4 Å². The molecule has 0 N–H and O–H groups in total. The number of ketones is 1. The first-order valence-electron chi connectivity index (χ1n) is 9.02. The minimum atomic E-state index is -1.44. The van der Waals surface area contributed by atoms with Crippen molar-refractivity contribution in [3.63, 3.8) is 0 Å². The van der Waals surface area contributed by atoms with Crippen LogP contribution in [-0.2, 0) is 31.9 Å². The Labute approximate surface area is 163 Å². The van der Waals surface area contributed by atoms with E-state index in [0.717, 1.165) is 16.7 Å². The number of nitrogens with zero attached hydrogens (tertiary/aromatic N) is 1. The van der Waals surface area contributed by atoms with E-state index in [1.54, 1.807) is 26.0 Å². The Morgan fingerprint density at radius 1 is 0.893 bits per heavy atom. The van der Waals surface area contributed by atoms with Crippen LogP contribution in [0.4, 0.5) is 0 Å². The number of carbonyl (C=O) groups excluding carboxylic acids is 3. The van der Waals surface area contributed by atoms with Crippen LogP contribution >= 0.6 is 0 Å². The molecular formula is C22H23NO5. The van der Waals surface area contributed by atoms with E-state index < -0.39 is 17.4 Å². The predicted molar refractivity (Wildman–Crippen MR) is 102 cm³/mol. The van der Waals surface area contributed by atoms with Crippen LogP contribution in [0.3, 0.4) is 0 Å². The summed E-state index contributed by atoms with van der Waals surface area (Å²) in [5.74, 6) is -1.46. The summed E-state index contributed by atoms with van der Waals surface area (Å²) in [4.78, 5) is 42.5. The lowest BCUT2D eigenvalue weighted by Crippen LogP contribution is -2.42. The summed E-state index contributed by atoms with van der Waals surface area (Å²) in [6.07, 6.45) is 0.283. The molecule has 6 nitrogen and oxygen atoms in total. The number of ether oxygens (including phenoxy) is 2. The van der Waals surface area contributed by atoms with Crippen LogP contribution in [0.15, 0.2) is 24.3 Å². The summed E-state index contributed by atoms with van der Waals surface area (Å²) >= 11 is 0. The number of benzene rings is 1. The van der Waals surface area contributed by atoms with Gasteiger partial charge < -0.3 is 9.47 Å². The third-order valence-corrected chi connectivity index (χ3v) is 5.53. The fraction of sp³-hybridized carbons (Fsp3) is 0.364. The zero-order valence-corrected chi connectivity index (χ0v) is 16.7. The molecule has 2 aromatic rings. The van der Waals surface area contributed by atoms with Gasteiger partial charge in [-0.3, -0.25) is 14.4 Å². The summed E-state index contributed by atoms with van der Waals surface area (Å²) in [7, 11) is 2.50. The highest BCUT2D eigenvalue weighted by Gasteiger charge is 2.53. The van der Waals surface area contributed by atoms with Gasteiger partial charge in [-0.2, -0.15) is 0 Å². The van der Waals surface area contributed by atoms with Crippen molar-refractivity contribution in [1.82, 2.24) is 4.98 Å². The molecule has 0 saturated carbocycles. The van der Waals surface area contributed by atoms with Gasteiger partial charge in [0.25, 0.3) is 0 Å². The van der Waals surface area contributed by atoms with Gasteiger partial charge in [0.2, 0.25) is 5.78 Å². The quantitative estimate of drug-likeness (QED) is 0.460. The molecule has 0 aliphatic heterocycles. The molecule has 1 aromatic heterocycles. The van der Waals surface area contributed by atoms with E-state index in [1.165, 1.54) is 14.2 Å². The van der Waals surface area contributed by atoms with Crippen LogP contribution in [0, 0.1) is 26.2 Å². The molecule has 146 valence electrons. The summed E-state index contributed by atoms with van der Waals surface area (Å²) in [6.45, 7) is 5.54. The summed E-state index contributed by atoms with van der Waals surface area (Å²) in [5, 5.41) is 0. The molecule has 0 atom stereocenters. The number of fused-ring (bicyclic) bond motifs is 1. The van der Waals surface area contributed by atoms with Crippen molar-refractivity contribution >= 4 is 17.7 Å². The van der Waals surface area contributed by atoms with Gasteiger partial charge in [-0.15, -0.1) is 0 Å². The van der Waals surface area contributed by atoms with Gasteiger partial charge in [0.05, 0.1) is 14.2 Å². The molecule has 1 heterocycles. The number of rotatable bonds is 4. The van der Waals surface area contributed by atoms with Crippen LogP contribution in [0.1, 0.15) is 44.0 Å². The molecule has 0 radical (unpaired) electrons. The van der Waals surface area contributed by atoms with Gasteiger partial charge in [0, 0.05) is 24.1 Å². The molecule has 0 spiro atoms. The molecule has 6 heteroatoms. The highest BCUT2D eigenvalue weighted by atomic mass is 16.5. The Kier molecular flexibility index (Phi) is 5.06. The molecule has 3 rings (SSSR count). The molecule has 0 amide bonds. The Hall–Kier alpha value is -3.02. The van der Waals surface area contributed by atoms with Crippen molar-refractivity contribution in [2.45, 2.75) is 33.6 Å². The number of hydrogen-bond donors (Lipinski definition) is 0. The van der Waals surface area contributed by atoms with E-state index in [2.05, 4.69) is 4.98 Å². The minimum Gasteiger partial charge on any atom is -0.468 e. The Morgan fingerprint density at radius 3 is 1.96 bits per heavy atom. The Balaban J connectivity index is 2.10. The molecule has 1 aliphatic rings. The van der Waals surface area contributed by atoms with E-state index >= 15 is 0 Å². The largest absolute Gasteiger partial charge is 0.468 e. The number of esters is 2. The fourth-order valence-corrected chi connectivity index (χ4v) is 3.87. The number of aryl methyl sites for hydroxylation is 2. The molecule has 28 heavy (non-hydrogen) atoms. The Morgan fingerprint density at radius 2 is 1.43 bits per heavy atom. The zero-order chi connectivity index (χ0) is 20.6. The summed E-state index contributed by atoms with van der Waals surface area (Å²) < 4.78 is 9.81. The summed E-state index contributed by atoms with van der Waals surface area (Å²) in [5.41, 5.74) is 3.41. The second-order valence-electron chi connectivity index (χ2n) is 7.24. The number of carbonyl (C=O) groups is 3. The van der Waals surface area contributed by atoms with E-state index in [4.69, 9.17) is 9.47 Å². The second-order valence-corrected chi connectivity index (χ2v) is 7.24. The van der Waals surface area contributed by atoms with Crippen molar-refractivity contribution in [3.05, 3.63) is 63.5 Å². The Bertz CT molecular complexity index is 959. The van der Waals surface area contributed by atoms with E-state index in [-0.39, 0.29) is 18.6 Å². The lowest BCUT2D eigenvalue weighted by Gasteiger charge is -2.22. The maximum absolute atomic E-state index is 13.0. The molecule has 0 fully saturated rings. The predicted octanol–water partition coefficient (Wildman–Crippen LogP) is 2.67. The van der Waals surface area contributed by atoms with Crippen LogP contribution < -0.4 is 0 Å². The molecular weight excluding hydrogens is 358 g/mol. The lowest BCUT2D eigenvalue weighted by molar-refractivity contribution is -0.168. The maximum Gasteiger partial charge on any atom is 0.323 e. The van der Waals surface area contributed by atoms with Crippen molar-refractivity contribution < 1.29 is 23.9 Å². The van der Waals surface area contributed by atoms with Crippen LogP contribution in [0.2, 0.25) is 0 Å². The molecule has 0 bridgehead atoms. The first-order chi connectivity index (χ1) is 13.2. The maximum atomic E-state index is 13.0. The van der Waals surface area contributed by atoms with Gasteiger partial charge in [0.15, 0.2) is 5.41 Å². The standard InChI is InChI=1S/C22H23NO5/c1-12-6-8-15(9-7-12)19(24)18-13(2)16-10-22(20(25)27-4,21(26)28-5)11-17(16)14(3)23-18/h6-9H,10-11H2,1-5H3. The number of methoxy groups -OCH3 is 2. The first kappa shape index (κ1) is 19.7. The lowest BCUT2D eigenvalue weighted by atomic mass is 9.84. The van der Waals surface area contributed by atoms with Gasteiger partial charge in [0.1, 0.15) is 5.69 Å². The van der Waals surface area contributed by atoms with Gasteiger partial charge >= 0.3 is 11.9 Å². The first-order valence-corrected chi connectivity index (χ1v) is 9.02. The number of pyridine rings is 1. The van der Waals surface area contributed by atoms with Crippen molar-refractivity contribution in [2.75, 3.05) is 14.2 Å². The fourth-order valence-electron chi connectivity index (χ4n) is 3.87. The SMILES string of the molecule is COC(=O)C1(C(=O)OC)Cc2c(C)nc(C(=O)c3ccc(C)cc3)c(C)c2C1. The zero-order valence-electron chi connectivity index (χ0n) is 16.7. The smallest absolute Gasteiger partial charge is 0.323 e. The molecule has 1 aliphatic carbocycles.